The fourth-order valence-electron chi connectivity index (χ4n) is 14.1. The average molecular weight is 713 g/mol. The van der Waals surface area contributed by atoms with Gasteiger partial charge >= 0.3 is 0 Å². The van der Waals surface area contributed by atoms with Gasteiger partial charge in [0.1, 0.15) is 0 Å². The van der Waals surface area contributed by atoms with Crippen molar-refractivity contribution in [3.63, 3.8) is 0 Å². The number of hydrogen-bond donors (Lipinski definition) is 2. The molecule has 2 nitrogen and oxygen atoms in total. The minimum Gasteiger partial charge on any atom is -0.748 e. The van der Waals surface area contributed by atoms with Crippen molar-refractivity contribution in [3.05, 3.63) is 59.7 Å². The largest absolute Gasteiger partial charge is 0.748 e. The smallest absolute Gasteiger partial charge is 0 e. The van der Waals surface area contributed by atoms with Crippen molar-refractivity contribution in [2.75, 3.05) is 26.2 Å². The van der Waals surface area contributed by atoms with Gasteiger partial charge in [0.25, 0.3) is 0 Å². The van der Waals surface area contributed by atoms with Gasteiger partial charge in [0.05, 0.1) is 0 Å². The first kappa shape index (κ1) is 34.1. The molecule has 47 heavy (non-hydrogen) atoms. The topological polar surface area (TPSA) is 24.1 Å². The molecule has 0 amide bonds. The van der Waals surface area contributed by atoms with Crippen LogP contribution in [0.25, 0.3) is 0 Å². The van der Waals surface area contributed by atoms with Crippen LogP contribution in [0.1, 0.15) is 101 Å². The van der Waals surface area contributed by atoms with Crippen LogP contribution in [0.2, 0.25) is 0 Å². The average Bonchev–Trinajstić information content (AvgIpc) is 3.81. The maximum absolute atomic E-state index is 3.85. The molecule has 0 radical (unpaired) electrons. The van der Waals surface area contributed by atoms with Crippen LogP contribution in [0.15, 0.2) is 48.5 Å². The zero-order valence-electron chi connectivity index (χ0n) is 28.9. The SMILES string of the molecule is PC([c-]1cccc1CP(C1C2CC3CC(C2)CC1C3)C1C2CC3CC(C2)CC1C3)(C1CCCNC1)C1CCCNC1.[Fe].[cH-]1[cH-][cH-][cH-][cH-]1. The second kappa shape index (κ2) is 14.6. The van der Waals surface area contributed by atoms with Gasteiger partial charge in [-0.15, -0.1) is 14.8 Å². The normalized spacial score (nSPS) is 43.4. The van der Waals surface area contributed by atoms with E-state index in [0.717, 1.165) is 70.5 Å². The molecule has 2 aromatic rings. The summed E-state index contributed by atoms with van der Waals surface area (Å²) in [5.41, 5.74) is 5.82. The Morgan fingerprint density at radius 2 is 1.11 bits per heavy atom. The molecule has 2 saturated heterocycles. The third-order valence-electron chi connectivity index (χ3n) is 15.3. The third-order valence-corrected chi connectivity index (χ3v) is 20.5. The molecule has 5 heteroatoms. The van der Waals surface area contributed by atoms with Crippen molar-refractivity contribution in [2.45, 2.75) is 113 Å². The van der Waals surface area contributed by atoms with Crippen molar-refractivity contribution in [2.24, 2.45) is 59.2 Å². The molecule has 8 bridgehead atoms. The van der Waals surface area contributed by atoms with Gasteiger partial charge in [-0.25, -0.2) is 12.1 Å². The van der Waals surface area contributed by atoms with Crippen molar-refractivity contribution >= 4 is 17.2 Å². The Morgan fingerprint density at radius 3 is 1.49 bits per heavy atom. The first-order chi connectivity index (χ1) is 22.6. The predicted octanol–water partition coefficient (Wildman–Crippen LogP) is 9.51. The van der Waals surface area contributed by atoms with E-state index in [0.29, 0.717) is 0 Å². The van der Waals surface area contributed by atoms with Gasteiger partial charge in [-0.3, -0.25) is 0 Å². The van der Waals surface area contributed by atoms with Crippen LogP contribution in [-0.2, 0) is 28.4 Å². The quantitative estimate of drug-likeness (QED) is 0.170. The fourth-order valence-corrected chi connectivity index (χ4v) is 19.6. The summed E-state index contributed by atoms with van der Waals surface area (Å²) in [5, 5.41) is 7.92. The van der Waals surface area contributed by atoms with E-state index in [4.69, 9.17) is 0 Å². The second-order valence-corrected chi connectivity index (χ2v) is 21.5. The Hall–Kier alpha value is -0.000519. The van der Waals surface area contributed by atoms with Gasteiger partial charge in [0, 0.05) is 17.1 Å². The summed E-state index contributed by atoms with van der Waals surface area (Å²) in [7, 11) is 3.66. The van der Waals surface area contributed by atoms with E-state index in [1.54, 1.807) is 69.8 Å². The summed E-state index contributed by atoms with van der Waals surface area (Å²) < 4.78 is 0. The maximum atomic E-state index is 3.85. The van der Waals surface area contributed by atoms with Crippen molar-refractivity contribution in [3.8, 4) is 0 Å². The zero-order chi connectivity index (χ0) is 30.7. The molecule has 3 atom stereocenters. The second-order valence-electron chi connectivity index (χ2n) is 18.0. The molecule has 10 fully saturated rings. The Labute approximate surface area is 301 Å². The molecule has 8 saturated carbocycles. The van der Waals surface area contributed by atoms with Gasteiger partial charge in [-0.05, 0) is 198 Å². The predicted molar refractivity (Wildman–Crippen MR) is 199 cm³/mol. The van der Waals surface area contributed by atoms with Gasteiger partial charge in [0.2, 0.25) is 0 Å². The minimum absolute atomic E-state index is 0. The van der Waals surface area contributed by atoms with Crippen molar-refractivity contribution in [1.82, 2.24) is 10.6 Å². The Balaban J connectivity index is 0.000000497. The molecule has 2 aliphatic heterocycles. The Bertz CT molecular complexity index is 1140. The van der Waals surface area contributed by atoms with Crippen LogP contribution in [0.3, 0.4) is 0 Å². The summed E-state index contributed by atoms with van der Waals surface area (Å²) >= 11 is 0. The molecule has 10 aliphatic rings. The third kappa shape index (κ3) is 6.51. The summed E-state index contributed by atoms with van der Waals surface area (Å²) in [6.45, 7) is 4.87. The van der Waals surface area contributed by atoms with Crippen molar-refractivity contribution in [1.29, 1.82) is 0 Å². The monoisotopic (exact) mass is 712 g/mol. The van der Waals surface area contributed by atoms with Gasteiger partial charge < -0.3 is 41.0 Å². The van der Waals surface area contributed by atoms with Crippen LogP contribution < -0.4 is 10.6 Å². The molecular weight excluding hydrogens is 650 g/mol. The van der Waals surface area contributed by atoms with E-state index in [1.807, 2.05) is 35.9 Å². The molecule has 264 valence electrons. The van der Waals surface area contributed by atoms with Crippen LogP contribution in [0, 0.1) is 59.2 Å². The maximum Gasteiger partial charge on any atom is 0 e. The molecule has 2 aromatic carbocycles. The Kier molecular flexibility index (Phi) is 10.6. The van der Waals surface area contributed by atoms with Crippen LogP contribution >= 0.6 is 17.2 Å². The standard InChI is InChI=1S/C37H57N2P2.C5H5.Fe/c40-37(32-5-2-8-38-20-32,33-6-3-9-39-21-33)34-7-1-4-27(34)22-41(35-28-12-23-10-24(14-28)15-29(35)13-23)36-30-16-25-11-26(18-30)19-31(36)17-25;1-2-4-5-3-1;/h1,4,7,23-26,28-33,35-36,38-39H,2-3,5-6,8-22,40H2;1-5H;/q-1;-5;. The van der Waals surface area contributed by atoms with Gasteiger partial charge in [-0.2, -0.15) is 11.6 Å². The first-order valence-corrected chi connectivity index (χ1v) is 22.3. The van der Waals surface area contributed by atoms with E-state index in [-0.39, 0.29) is 30.1 Å². The van der Waals surface area contributed by atoms with E-state index >= 15 is 0 Å². The molecule has 12 rings (SSSR count). The molecule has 0 aromatic heterocycles. The minimum atomic E-state index is 0. The van der Waals surface area contributed by atoms with E-state index in [2.05, 4.69) is 38.1 Å². The van der Waals surface area contributed by atoms with Crippen LogP contribution in [0.5, 0.6) is 0 Å². The summed E-state index contributed by atoms with van der Waals surface area (Å²) in [6, 6.07) is 17.8. The van der Waals surface area contributed by atoms with Gasteiger partial charge in [-0.1, -0.05) is 7.92 Å². The molecule has 2 heterocycles. The van der Waals surface area contributed by atoms with E-state index in [9.17, 15) is 0 Å². The number of nitrogens with one attached hydrogen (secondary N) is 2. The molecule has 3 unspecified atom stereocenters. The molecule has 8 aliphatic carbocycles. The molecule has 0 spiro atoms. The van der Waals surface area contributed by atoms with E-state index in [1.165, 1.54) is 58.0 Å². The summed E-state index contributed by atoms with van der Waals surface area (Å²) in [6.07, 6.45) is 23.1. The summed E-state index contributed by atoms with van der Waals surface area (Å²) in [4.78, 5) is 0. The summed E-state index contributed by atoms with van der Waals surface area (Å²) in [5.74, 6) is 10.3. The van der Waals surface area contributed by atoms with Crippen LogP contribution in [-0.4, -0.2) is 37.5 Å². The number of hydrogen-bond acceptors (Lipinski definition) is 2. The zero-order valence-corrected chi connectivity index (χ0v) is 32.0. The number of rotatable bonds is 7. The van der Waals surface area contributed by atoms with Crippen LogP contribution in [0.4, 0.5) is 0 Å². The van der Waals surface area contributed by atoms with Gasteiger partial charge in [0.15, 0.2) is 0 Å². The fraction of sp³-hybridized carbons (Fsp3) is 0.762. The van der Waals surface area contributed by atoms with E-state index < -0.39 is 0 Å². The number of piperidine rings is 2. The van der Waals surface area contributed by atoms with Crippen molar-refractivity contribution < 1.29 is 17.1 Å². The molecular formula is C42H62FeN2P2-6. The molecule has 2 N–H and O–H groups in total. The first-order valence-electron chi connectivity index (χ1n) is 20.0. The Morgan fingerprint density at radius 1 is 0.681 bits per heavy atom.